The van der Waals surface area contributed by atoms with Crippen LogP contribution < -0.4 is 10.3 Å². The largest absolute Gasteiger partial charge is 0.488 e. The van der Waals surface area contributed by atoms with Gasteiger partial charge in [-0.15, -0.1) is 0 Å². The Morgan fingerprint density at radius 1 is 1.06 bits per heavy atom. The summed E-state index contributed by atoms with van der Waals surface area (Å²) in [5.41, 5.74) is 3.68. The van der Waals surface area contributed by atoms with Gasteiger partial charge in [0.05, 0.1) is 21.6 Å². The summed E-state index contributed by atoms with van der Waals surface area (Å²) in [6.45, 7) is 4.67. The minimum absolute atomic E-state index is 0.175. The number of aryl methyl sites for hydroxylation is 2. The number of fused-ring (bicyclic) bond motifs is 1. The van der Waals surface area contributed by atoms with Crippen molar-refractivity contribution >= 4 is 49.0 Å². The van der Waals surface area contributed by atoms with Gasteiger partial charge in [0.15, 0.2) is 0 Å². The zero-order chi connectivity index (χ0) is 24.1. The standard InChI is InChI=1S/C27H25Br2N3O2/c1-3-4-5-26-31-24-12-11-21(28)15-22(24)27(33)32(26)30-16-20-10-13-25(23(29)14-20)34-17-19-8-6-18(2)7-9-19/h6-16H,3-5,17H2,1-2H3. The highest BCUT2D eigenvalue weighted by Crippen LogP contribution is 2.26. The van der Waals surface area contributed by atoms with Gasteiger partial charge in [-0.2, -0.15) is 9.78 Å². The fourth-order valence-electron chi connectivity index (χ4n) is 3.49. The number of hydrogen-bond donors (Lipinski definition) is 0. The number of benzene rings is 3. The van der Waals surface area contributed by atoms with Crippen LogP contribution in [0.2, 0.25) is 0 Å². The lowest BCUT2D eigenvalue weighted by atomic mass is 10.2. The molecule has 1 heterocycles. The molecule has 5 nitrogen and oxygen atoms in total. The normalized spacial score (nSPS) is 11.4. The molecule has 34 heavy (non-hydrogen) atoms. The van der Waals surface area contributed by atoms with E-state index in [2.05, 4.69) is 75.1 Å². The van der Waals surface area contributed by atoms with Crippen LogP contribution in [0.25, 0.3) is 10.9 Å². The second kappa shape index (κ2) is 11.1. The molecule has 4 aromatic rings. The number of nitrogens with zero attached hydrogens (tertiary/aromatic N) is 3. The Hall–Kier alpha value is -2.77. The summed E-state index contributed by atoms with van der Waals surface area (Å²) in [6.07, 6.45) is 4.30. The highest BCUT2D eigenvalue weighted by Gasteiger charge is 2.11. The van der Waals surface area contributed by atoms with E-state index >= 15 is 0 Å². The molecule has 0 atom stereocenters. The van der Waals surface area contributed by atoms with Crippen LogP contribution in [0.1, 0.15) is 42.3 Å². The van der Waals surface area contributed by atoms with E-state index in [9.17, 15) is 4.79 Å². The van der Waals surface area contributed by atoms with Crippen LogP contribution in [0, 0.1) is 6.92 Å². The van der Waals surface area contributed by atoms with Crippen LogP contribution in [0.3, 0.4) is 0 Å². The Morgan fingerprint density at radius 2 is 1.85 bits per heavy atom. The Bertz CT molecular complexity index is 1400. The fraction of sp³-hybridized carbons (Fsp3) is 0.222. The van der Waals surface area contributed by atoms with Crippen molar-refractivity contribution in [1.82, 2.24) is 9.66 Å². The molecular formula is C27H25Br2N3O2. The predicted octanol–water partition coefficient (Wildman–Crippen LogP) is 7.03. The van der Waals surface area contributed by atoms with Crippen LogP contribution in [0.4, 0.5) is 0 Å². The van der Waals surface area contributed by atoms with Gasteiger partial charge in [-0.1, -0.05) is 59.1 Å². The molecule has 0 saturated carbocycles. The monoisotopic (exact) mass is 581 g/mol. The van der Waals surface area contributed by atoms with Gasteiger partial charge in [0.1, 0.15) is 18.2 Å². The third-order valence-corrected chi connectivity index (χ3v) is 6.54. The Kier molecular flexibility index (Phi) is 7.95. The molecule has 3 aromatic carbocycles. The van der Waals surface area contributed by atoms with Crippen molar-refractivity contribution in [3.8, 4) is 5.75 Å². The van der Waals surface area contributed by atoms with E-state index < -0.39 is 0 Å². The number of hydrogen-bond acceptors (Lipinski definition) is 4. The second-order valence-electron chi connectivity index (χ2n) is 8.12. The van der Waals surface area contributed by atoms with E-state index in [1.54, 1.807) is 12.3 Å². The van der Waals surface area contributed by atoms with Crippen molar-refractivity contribution in [3.63, 3.8) is 0 Å². The molecule has 174 valence electrons. The molecule has 0 spiro atoms. The van der Waals surface area contributed by atoms with Gasteiger partial charge >= 0.3 is 0 Å². The van der Waals surface area contributed by atoms with E-state index in [-0.39, 0.29) is 5.56 Å². The third-order valence-electron chi connectivity index (χ3n) is 5.42. The lowest BCUT2D eigenvalue weighted by molar-refractivity contribution is 0.304. The zero-order valence-electron chi connectivity index (χ0n) is 19.1. The summed E-state index contributed by atoms with van der Waals surface area (Å²) in [5, 5.41) is 5.06. The maximum atomic E-state index is 13.2. The topological polar surface area (TPSA) is 56.5 Å². The quantitative estimate of drug-likeness (QED) is 0.209. The first-order valence-electron chi connectivity index (χ1n) is 11.2. The van der Waals surface area contributed by atoms with Crippen LogP contribution in [-0.2, 0) is 13.0 Å². The maximum Gasteiger partial charge on any atom is 0.282 e. The molecule has 0 aliphatic heterocycles. The van der Waals surface area contributed by atoms with Gasteiger partial charge in [0.2, 0.25) is 0 Å². The van der Waals surface area contributed by atoms with Gasteiger partial charge in [-0.05, 0) is 76.8 Å². The van der Waals surface area contributed by atoms with Crippen molar-refractivity contribution in [1.29, 1.82) is 0 Å². The lowest BCUT2D eigenvalue weighted by Gasteiger charge is -2.10. The number of ether oxygens (including phenoxy) is 1. The van der Waals surface area contributed by atoms with E-state index in [1.165, 1.54) is 10.2 Å². The molecule has 0 aliphatic carbocycles. The van der Waals surface area contributed by atoms with Gasteiger partial charge in [0.25, 0.3) is 5.56 Å². The predicted molar refractivity (Wildman–Crippen MR) is 145 cm³/mol. The number of unbranched alkanes of at least 4 members (excludes halogenated alkanes) is 1. The first kappa shape index (κ1) is 24.4. The Balaban J connectivity index is 1.59. The second-order valence-corrected chi connectivity index (χ2v) is 9.89. The van der Waals surface area contributed by atoms with Crippen LogP contribution in [0.5, 0.6) is 5.75 Å². The fourth-order valence-corrected chi connectivity index (χ4v) is 4.37. The maximum absolute atomic E-state index is 13.2. The summed E-state index contributed by atoms with van der Waals surface area (Å²) < 4.78 is 9.03. The summed E-state index contributed by atoms with van der Waals surface area (Å²) in [4.78, 5) is 17.9. The number of aromatic nitrogens is 2. The van der Waals surface area contributed by atoms with Crippen LogP contribution in [0.15, 0.2) is 79.5 Å². The molecule has 0 amide bonds. The Morgan fingerprint density at radius 3 is 2.59 bits per heavy atom. The average Bonchev–Trinajstić information content (AvgIpc) is 2.83. The smallest absolute Gasteiger partial charge is 0.282 e. The minimum atomic E-state index is -0.175. The van der Waals surface area contributed by atoms with E-state index in [1.807, 2.05) is 30.3 Å². The molecule has 1 aromatic heterocycles. The molecule has 0 aliphatic rings. The van der Waals surface area contributed by atoms with E-state index in [0.717, 1.165) is 38.7 Å². The molecular weight excluding hydrogens is 558 g/mol. The minimum Gasteiger partial charge on any atom is -0.488 e. The highest BCUT2D eigenvalue weighted by atomic mass is 79.9. The van der Waals surface area contributed by atoms with E-state index in [4.69, 9.17) is 9.72 Å². The number of halogens is 2. The molecule has 0 fully saturated rings. The molecule has 4 rings (SSSR count). The van der Waals surface area contributed by atoms with Gasteiger partial charge in [-0.3, -0.25) is 4.79 Å². The lowest BCUT2D eigenvalue weighted by Crippen LogP contribution is -2.22. The SMILES string of the molecule is CCCCc1nc2ccc(Br)cc2c(=O)n1N=Cc1ccc(OCc2ccc(C)cc2)c(Br)c1. The van der Waals surface area contributed by atoms with E-state index in [0.29, 0.717) is 29.8 Å². The van der Waals surface area contributed by atoms with Gasteiger partial charge in [0, 0.05) is 10.9 Å². The molecule has 0 saturated heterocycles. The zero-order valence-corrected chi connectivity index (χ0v) is 22.3. The Labute approximate surface area is 215 Å². The molecule has 0 radical (unpaired) electrons. The number of rotatable bonds is 8. The highest BCUT2D eigenvalue weighted by molar-refractivity contribution is 9.10. The van der Waals surface area contributed by atoms with Crippen molar-refractivity contribution in [2.45, 2.75) is 39.7 Å². The van der Waals surface area contributed by atoms with Gasteiger partial charge < -0.3 is 4.74 Å². The summed E-state index contributed by atoms with van der Waals surface area (Å²) in [7, 11) is 0. The summed E-state index contributed by atoms with van der Waals surface area (Å²) in [5.74, 6) is 1.41. The molecule has 7 heteroatoms. The van der Waals surface area contributed by atoms with Crippen molar-refractivity contribution in [2.75, 3.05) is 0 Å². The van der Waals surface area contributed by atoms with Crippen molar-refractivity contribution in [3.05, 3.63) is 102 Å². The summed E-state index contributed by atoms with van der Waals surface area (Å²) >= 11 is 7.03. The third kappa shape index (κ3) is 5.83. The van der Waals surface area contributed by atoms with Crippen molar-refractivity contribution < 1.29 is 4.74 Å². The van der Waals surface area contributed by atoms with Crippen molar-refractivity contribution in [2.24, 2.45) is 5.10 Å². The van der Waals surface area contributed by atoms with Crippen LogP contribution in [-0.4, -0.2) is 15.9 Å². The summed E-state index contributed by atoms with van der Waals surface area (Å²) in [6, 6.07) is 19.6. The average molecular weight is 583 g/mol. The molecule has 0 unspecified atom stereocenters. The first-order valence-corrected chi connectivity index (χ1v) is 12.8. The van der Waals surface area contributed by atoms with Crippen LogP contribution >= 0.6 is 31.9 Å². The first-order chi connectivity index (χ1) is 16.4. The molecule has 0 bridgehead atoms. The molecule has 0 N–H and O–H groups in total. The van der Waals surface area contributed by atoms with Gasteiger partial charge in [-0.25, -0.2) is 4.98 Å².